The summed E-state index contributed by atoms with van der Waals surface area (Å²) in [5, 5.41) is 1.60. The van der Waals surface area contributed by atoms with Crippen molar-refractivity contribution in [3.63, 3.8) is 0 Å². The van der Waals surface area contributed by atoms with E-state index in [1.165, 1.54) is 17.0 Å². The van der Waals surface area contributed by atoms with E-state index in [9.17, 15) is 21.6 Å². The Morgan fingerprint density at radius 1 is 1.19 bits per heavy atom. The molecule has 0 unspecified atom stereocenters. The van der Waals surface area contributed by atoms with Gasteiger partial charge in [0, 0.05) is 0 Å². The number of anilines is 2. The van der Waals surface area contributed by atoms with Crippen LogP contribution < -0.4 is 14.5 Å². The predicted molar refractivity (Wildman–Crippen MR) is 95.4 cm³/mol. The molecule has 142 valence electrons. The van der Waals surface area contributed by atoms with E-state index in [1.54, 1.807) is 11.4 Å². The monoisotopic (exact) mass is 406 g/mol. The Labute approximate surface area is 154 Å². The number of hydrogen-bond donors (Lipinski definition) is 2. The first-order chi connectivity index (χ1) is 12.2. The molecule has 0 spiro atoms. The minimum atomic E-state index is -4.55. The number of rotatable bonds is 4. The normalized spacial score (nSPS) is 16.7. The average Bonchev–Trinajstić information content (AvgIpc) is 3.10. The van der Waals surface area contributed by atoms with Gasteiger partial charge in [-0.3, -0.25) is 4.72 Å². The van der Waals surface area contributed by atoms with Crippen LogP contribution >= 0.6 is 11.3 Å². The molecular formula is C16H19F3N3O2S2+. The van der Waals surface area contributed by atoms with Gasteiger partial charge in [-0.15, -0.1) is 11.3 Å². The number of alkyl halides is 3. The molecule has 0 aliphatic carbocycles. The number of thiophene rings is 1. The first kappa shape index (κ1) is 19.0. The maximum Gasteiger partial charge on any atom is 0.416 e. The summed E-state index contributed by atoms with van der Waals surface area (Å²) in [5.74, 6) is 0. The summed E-state index contributed by atoms with van der Waals surface area (Å²) in [6.45, 7) is 2.95. The van der Waals surface area contributed by atoms with Gasteiger partial charge in [-0.2, -0.15) is 13.2 Å². The SMILES string of the molecule is C[NH+]1CCN(c2ccc(C(F)(F)F)cc2NS(=O)(=O)c2cccs2)CC1. The lowest BCUT2D eigenvalue weighted by molar-refractivity contribution is -0.880. The van der Waals surface area contributed by atoms with Crippen LogP contribution in [0.1, 0.15) is 5.56 Å². The maximum atomic E-state index is 13.1. The lowest BCUT2D eigenvalue weighted by Crippen LogP contribution is -3.12. The molecule has 0 atom stereocenters. The molecular weight excluding hydrogens is 387 g/mol. The van der Waals surface area contributed by atoms with Crippen molar-refractivity contribution in [3.8, 4) is 0 Å². The molecule has 3 rings (SSSR count). The molecule has 5 nitrogen and oxygen atoms in total. The number of quaternary nitrogens is 1. The number of hydrogen-bond acceptors (Lipinski definition) is 4. The molecule has 0 saturated carbocycles. The van der Waals surface area contributed by atoms with Crippen LogP contribution in [0.2, 0.25) is 0 Å². The average molecular weight is 406 g/mol. The molecule has 1 aromatic carbocycles. The van der Waals surface area contributed by atoms with E-state index in [0.29, 0.717) is 18.8 Å². The minimum Gasteiger partial charge on any atom is -0.359 e. The van der Waals surface area contributed by atoms with E-state index >= 15 is 0 Å². The fourth-order valence-electron chi connectivity index (χ4n) is 2.81. The van der Waals surface area contributed by atoms with E-state index in [2.05, 4.69) is 4.72 Å². The number of nitrogens with zero attached hydrogens (tertiary/aromatic N) is 1. The molecule has 0 radical (unpaired) electrons. The van der Waals surface area contributed by atoms with Crippen LogP contribution in [0.4, 0.5) is 24.5 Å². The minimum absolute atomic E-state index is 0.0484. The number of benzene rings is 1. The van der Waals surface area contributed by atoms with Crippen molar-refractivity contribution in [1.29, 1.82) is 0 Å². The van der Waals surface area contributed by atoms with Crippen molar-refractivity contribution in [2.24, 2.45) is 0 Å². The van der Waals surface area contributed by atoms with Crippen molar-refractivity contribution in [2.45, 2.75) is 10.4 Å². The molecule has 2 N–H and O–H groups in total. The zero-order chi connectivity index (χ0) is 18.9. The summed E-state index contributed by atoms with van der Waals surface area (Å²) in [4.78, 5) is 3.24. The number of sulfonamides is 1. The Kier molecular flexibility index (Phi) is 5.18. The highest BCUT2D eigenvalue weighted by Crippen LogP contribution is 2.36. The lowest BCUT2D eigenvalue weighted by atomic mass is 10.1. The van der Waals surface area contributed by atoms with Crippen molar-refractivity contribution >= 4 is 32.7 Å². The van der Waals surface area contributed by atoms with E-state index in [1.807, 2.05) is 11.9 Å². The Morgan fingerprint density at radius 2 is 1.88 bits per heavy atom. The van der Waals surface area contributed by atoms with Crippen molar-refractivity contribution in [2.75, 3.05) is 42.8 Å². The van der Waals surface area contributed by atoms with Crippen molar-refractivity contribution in [3.05, 3.63) is 41.3 Å². The van der Waals surface area contributed by atoms with Gasteiger partial charge in [-0.05, 0) is 29.6 Å². The summed E-state index contributed by atoms with van der Waals surface area (Å²) in [6.07, 6.45) is -4.55. The largest absolute Gasteiger partial charge is 0.416 e. The zero-order valence-electron chi connectivity index (χ0n) is 14.0. The molecule has 0 bridgehead atoms. The second kappa shape index (κ2) is 7.09. The second-order valence-corrected chi connectivity index (χ2v) is 9.07. The maximum absolute atomic E-state index is 13.1. The van der Waals surface area contributed by atoms with Crippen LogP contribution in [0, 0.1) is 0 Å². The van der Waals surface area contributed by atoms with Gasteiger partial charge in [0.2, 0.25) is 0 Å². The molecule has 1 saturated heterocycles. The van der Waals surface area contributed by atoms with Gasteiger partial charge in [-0.1, -0.05) is 6.07 Å². The van der Waals surface area contributed by atoms with Gasteiger partial charge >= 0.3 is 6.18 Å². The van der Waals surface area contributed by atoms with Crippen LogP contribution in [0.25, 0.3) is 0 Å². The van der Waals surface area contributed by atoms with Crippen LogP contribution in [0.3, 0.4) is 0 Å². The molecule has 10 heteroatoms. The Bertz CT molecular complexity index is 859. The topological polar surface area (TPSA) is 53.9 Å². The Morgan fingerprint density at radius 3 is 2.46 bits per heavy atom. The summed E-state index contributed by atoms with van der Waals surface area (Å²) in [7, 11) is -1.89. The van der Waals surface area contributed by atoms with Crippen LogP contribution in [0.15, 0.2) is 39.9 Å². The van der Waals surface area contributed by atoms with Gasteiger partial charge in [0.1, 0.15) is 4.21 Å². The number of halogens is 3. The fourth-order valence-corrected chi connectivity index (χ4v) is 4.87. The van der Waals surface area contributed by atoms with Gasteiger partial charge in [0.15, 0.2) is 0 Å². The van der Waals surface area contributed by atoms with Crippen molar-refractivity contribution < 1.29 is 26.5 Å². The summed E-state index contributed by atoms with van der Waals surface area (Å²) in [6, 6.07) is 6.19. The molecule has 1 aromatic heterocycles. The quantitative estimate of drug-likeness (QED) is 0.816. The van der Waals surface area contributed by atoms with Gasteiger partial charge in [0.25, 0.3) is 10.0 Å². The van der Waals surface area contributed by atoms with Crippen molar-refractivity contribution in [1.82, 2.24) is 0 Å². The summed E-state index contributed by atoms with van der Waals surface area (Å²) in [5.41, 5.74) is -0.469. The first-order valence-corrected chi connectivity index (χ1v) is 10.4. The molecule has 1 aliphatic heterocycles. The molecule has 1 aliphatic rings. The van der Waals surface area contributed by atoms with E-state index < -0.39 is 21.8 Å². The summed E-state index contributed by atoms with van der Waals surface area (Å²) < 4.78 is 66.7. The fraction of sp³-hybridized carbons (Fsp3) is 0.375. The zero-order valence-corrected chi connectivity index (χ0v) is 15.6. The van der Waals surface area contributed by atoms with E-state index in [0.717, 1.165) is 36.6 Å². The molecule has 0 amide bonds. The van der Waals surface area contributed by atoms with E-state index in [4.69, 9.17) is 0 Å². The number of likely N-dealkylation sites (N-methyl/N-ethyl adjacent to an activating group) is 1. The van der Waals surface area contributed by atoms with Gasteiger partial charge < -0.3 is 9.80 Å². The standard InChI is InChI=1S/C16H18F3N3O2S2/c1-21-6-8-22(9-7-21)14-5-4-12(16(17,18)19)11-13(14)20-26(23,24)15-3-2-10-25-15/h2-5,10-11,20H,6-9H2,1H3/p+1. The van der Waals surface area contributed by atoms with Gasteiger partial charge in [-0.25, -0.2) is 8.42 Å². The molecule has 2 aromatic rings. The van der Waals surface area contributed by atoms with E-state index in [-0.39, 0.29) is 9.90 Å². The predicted octanol–water partition coefficient (Wildman–Crippen LogP) is 1.90. The molecule has 2 heterocycles. The highest BCUT2D eigenvalue weighted by molar-refractivity contribution is 7.94. The van der Waals surface area contributed by atoms with Gasteiger partial charge in [0.05, 0.1) is 50.2 Å². The highest BCUT2D eigenvalue weighted by Gasteiger charge is 2.32. The number of nitrogens with one attached hydrogen (secondary N) is 2. The Hall–Kier alpha value is -1.78. The smallest absolute Gasteiger partial charge is 0.359 e. The Balaban J connectivity index is 1.99. The third-order valence-corrected chi connectivity index (χ3v) is 7.05. The van der Waals surface area contributed by atoms with Crippen LogP contribution in [-0.2, 0) is 16.2 Å². The second-order valence-electron chi connectivity index (χ2n) is 6.21. The number of piperazine rings is 1. The van der Waals surface area contributed by atoms with Crippen LogP contribution in [0.5, 0.6) is 0 Å². The third-order valence-electron chi connectivity index (χ3n) is 4.29. The summed E-state index contributed by atoms with van der Waals surface area (Å²) >= 11 is 1.01. The third kappa shape index (κ3) is 4.13. The molecule has 26 heavy (non-hydrogen) atoms. The molecule has 1 fully saturated rings. The highest BCUT2D eigenvalue weighted by atomic mass is 32.2. The van der Waals surface area contributed by atoms with Crippen LogP contribution in [-0.4, -0.2) is 41.6 Å². The first-order valence-electron chi connectivity index (χ1n) is 8.00. The lowest BCUT2D eigenvalue weighted by Gasteiger charge is -2.33.